The highest BCUT2D eigenvalue weighted by Crippen LogP contribution is 2.25. The summed E-state index contributed by atoms with van der Waals surface area (Å²) in [4.78, 5) is 11.5. The lowest BCUT2D eigenvalue weighted by Crippen LogP contribution is -2.12. The standard InChI is InChI=1S/C14H20O4/c1-10(2)17-7-8-18-14-9-12(16-4)5-6-13(14)11(3)15/h5-6,9-10H,7-8H2,1-4H3. The lowest BCUT2D eigenvalue weighted by molar-refractivity contribution is 0.0549. The van der Waals surface area contributed by atoms with E-state index in [1.54, 1.807) is 25.3 Å². The fourth-order valence-corrected chi connectivity index (χ4v) is 1.48. The predicted octanol–water partition coefficient (Wildman–Crippen LogP) is 2.70. The van der Waals surface area contributed by atoms with Crippen LogP contribution in [0, 0.1) is 0 Å². The molecular weight excluding hydrogens is 232 g/mol. The fraction of sp³-hybridized carbons (Fsp3) is 0.500. The topological polar surface area (TPSA) is 44.8 Å². The Hall–Kier alpha value is -1.55. The van der Waals surface area contributed by atoms with E-state index in [1.165, 1.54) is 6.92 Å². The molecule has 18 heavy (non-hydrogen) atoms. The Bertz CT molecular complexity index is 399. The fourth-order valence-electron chi connectivity index (χ4n) is 1.48. The van der Waals surface area contributed by atoms with Gasteiger partial charge in [0, 0.05) is 6.07 Å². The number of Topliss-reactive ketones (excluding diaryl/α,β-unsaturated/α-hetero) is 1. The van der Waals surface area contributed by atoms with Gasteiger partial charge in [0.1, 0.15) is 18.1 Å². The Balaban J connectivity index is 2.69. The van der Waals surface area contributed by atoms with Crippen LogP contribution in [0.15, 0.2) is 18.2 Å². The molecule has 0 bridgehead atoms. The first-order valence-corrected chi connectivity index (χ1v) is 5.98. The third-order valence-corrected chi connectivity index (χ3v) is 2.36. The van der Waals surface area contributed by atoms with Crippen LogP contribution in [0.4, 0.5) is 0 Å². The van der Waals surface area contributed by atoms with E-state index in [9.17, 15) is 4.79 Å². The van der Waals surface area contributed by atoms with Gasteiger partial charge in [0.05, 0.1) is 25.4 Å². The van der Waals surface area contributed by atoms with Gasteiger partial charge in [-0.05, 0) is 32.9 Å². The first-order valence-electron chi connectivity index (χ1n) is 5.98. The lowest BCUT2D eigenvalue weighted by Gasteiger charge is -2.12. The Morgan fingerprint density at radius 1 is 1.28 bits per heavy atom. The third kappa shape index (κ3) is 4.37. The molecule has 0 spiro atoms. The lowest BCUT2D eigenvalue weighted by atomic mass is 10.1. The molecule has 0 aliphatic heterocycles. The average Bonchev–Trinajstić information content (AvgIpc) is 2.33. The summed E-state index contributed by atoms with van der Waals surface area (Å²) >= 11 is 0. The smallest absolute Gasteiger partial charge is 0.163 e. The van der Waals surface area contributed by atoms with E-state index in [0.717, 1.165) is 0 Å². The van der Waals surface area contributed by atoms with E-state index in [4.69, 9.17) is 14.2 Å². The van der Waals surface area contributed by atoms with Crippen molar-refractivity contribution < 1.29 is 19.0 Å². The highest BCUT2D eigenvalue weighted by Gasteiger charge is 2.10. The van der Waals surface area contributed by atoms with Crippen LogP contribution >= 0.6 is 0 Å². The Kier molecular flexibility index (Phi) is 5.65. The maximum absolute atomic E-state index is 11.5. The van der Waals surface area contributed by atoms with Gasteiger partial charge in [-0.1, -0.05) is 0 Å². The molecule has 1 rings (SSSR count). The molecule has 4 nitrogen and oxygen atoms in total. The summed E-state index contributed by atoms with van der Waals surface area (Å²) in [5, 5.41) is 0. The maximum atomic E-state index is 11.5. The number of benzene rings is 1. The monoisotopic (exact) mass is 252 g/mol. The Morgan fingerprint density at radius 3 is 2.56 bits per heavy atom. The van der Waals surface area contributed by atoms with Crippen molar-refractivity contribution in [1.29, 1.82) is 0 Å². The number of carbonyl (C=O) groups excluding carboxylic acids is 1. The molecule has 1 aromatic carbocycles. The zero-order valence-electron chi connectivity index (χ0n) is 11.4. The van der Waals surface area contributed by atoms with Gasteiger partial charge >= 0.3 is 0 Å². The summed E-state index contributed by atoms with van der Waals surface area (Å²) in [6.45, 7) is 6.34. The minimum atomic E-state index is -0.0302. The van der Waals surface area contributed by atoms with Crippen molar-refractivity contribution in [2.24, 2.45) is 0 Å². The van der Waals surface area contributed by atoms with E-state index in [-0.39, 0.29) is 11.9 Å². The number of hydrogen-bond donors (Lipinski definition) is 0. The highest BCUT2D eigenvalue weighted by atomic mass is 16.5. The van der Waals surface area contributed by atoms with Gasteiger partial charge in [-0.15, -0.1) is 0 Å². The van der Waals surface area contributed by atoms with Crippen LogP contribution in [0.2, 0.25) is 0 Å². The van der Waals surface area contributed by atoms with Crippen LogP contribution in [0.25, 0.3) is 0 Å². The number of hydrogen-bond acceptors (Lipinski definition) is 4. The molecule has 0 radical (unpaired) electrons. The molecule has 100 valence electrons. The van der Waals surface area contributed by atoms with Crippen LogP contribution in [0.3, 0.4) is 0 Å². The zero-order chi connectivity index (χ0) is 13.5. The second-order valence-electron chi connectivity index (χ2n) is 4.19. The third-order valence-electron chi connectivity index (χ3n) is 2.36. The summed E-state index contributed by atoms with van der Waals surface area (Å²) in [5.74, 6) is 1.17. The molecule has 0 unspecified atom stereocenters. The summed E-state index contributed by atoms with van der Waals surface area (Å²) in [7, 11) is 1.58. The molecule has 0 amide bonds. The molecular formula is C14H20O4. The molecule has 0 heterocycles. The predicted molar refractivity (Wildman–Crippen MR) is 69.6 cm³/mol. The van der Waals surface area contributed by atoms with E-state index in [1.807, 2.05) is 13.8 Å². The molecule has 4 heteroatoms. The average molecular weight is 252 g/mol. The van der Waals surface area contributed by atoms with Gasteiger partial charge in [-0.3, -0.25) is 4.79 Å². The first-order chi connectivity index (χ1) is 8.54. The minimum Gasteiger partial charge on any atom is -0.497 e. The van der Waals surface area contributed by atoms with Crippen LogP contribution < -0.4 is 9.47 Å². The molecule has 0 aliphatic carbocycles. The van der Waals surface area contributed by atoms with E-state index in [2.05, 4.69) is 0 Å². The second kappa shape index (κ2) is 7.01. The van der Waals surface area contributed by atoms with E-state index in [0.29, 0.717) is 30.3 Å². The van der Waals surface area contributed by atoms with Crippen molar-refractivity contribution in [3.8, 4) is 11.5 Å². The van der Waals surface area contributed by atoms with Crippen molar-refractivity contribution in [3.05, 3.63) is 23.8 Å². The van der Waals surface area contributed by atoms with E-state index < -0.39 is 0 Å². The number of ether oxygens (including phenoxy) is 3. The maximum Gasteiger partial charge on any atom is 0.163 e. The number of methoxy groups -OCH3 is 1. The molecule has 0 fully saturated rings. The number of carbonyl (C=O) groups is 1. The molecule has 0 atom stereocenters. The first kappa shape index (κ1) is 14.5. The summed E-state index contributed by atoms with van der Waals surface area (Å²) in [6, 6.07) is 5.17. The Labute approximate surface area is 108 Å². The number of rotatable bonds is 7. The Morgan fingerprint density at radius 2 is 2.00 bits per heavy atom. The number of ketones is 1. The normalized spacial score (nSPS) is 10.5. The molecule has 0 saturated heterocycles. The molecule has 1 aromatic rings. The van der Waals surface area contributed by atoms with Gasteiger partial charge in [-0.2, -0.15) is 0 Å². The van der Waals surface area contributed by atoms with Crippen LogP contribution in [0.5, 0.6) is 11.5 Å². The van der Waals surface area contributed by atoms with Crippen molar-refractivity contribution in [3.63, 3.8) is 0 Å². The summed E-state index contributed by atoms with van der Waals surface area (Å²) in [5.41, 5.74) is 0.556. The summed E-state index contributed by atoms with van der Waals surface area (Å²) < 4.78 is 16.1. The highest BCUT2D eigenvalue weighted by molar-refractivity contribution is 5.97. The van der Waals surface area contributed by atoms with E-state index >= 15 is 0 Å². The van der Waals surface area contributed by atoms with Crippen molar-refractivity contribution in [2.75, 3.05) is 20.3 Å². The molecule has 0 aliphatic rings. The molecule has 0 N–H and O–H groups in total. The SMILES string of the molecule is COc1ccc(C(C)=O)c(OCCOC(C)C)c1. The minimum absolute atomic E-state index is 0.0302. The van der Waals surface area contributed by atoms with Crippen LogP contribution in [-0.2, 0) is 4.74 Å². The molecule has 0 aromatic heterocycles. The van der Waals surface area contributed by atoms with Gasteiger partial charge in [0.25, 0.3) is 0 Å². The van der Waals surface area contributed by atoms with Crippen LogP contribution in [-0.4, -0.2) is 32.2 Å². The van der Waals surface area contributed by atoms with Gasteiger partial charge in [0.15, 0.2) is 5.78 Å². The van der Waals surface area contributed by atoms with Crippen molar-refractivity contribution >= 4 is 5.78 Å². The van der Waals surface area contributed by atoms with Gasteiger partial charge < -0.3 is 14.2 Å². The van der Waals surface area contributed by atoms with Crippen LogP contribution in [0.1, 0.15) is 31.1 Å². The molecule has 0 saturated carbocycles. The second-order valence-corrected chi connectivity index (χ2v) is 4.19. The summed E-state index contributed by atoms with van der Waals surface area (Å²) in [6.07, 6.45) is 0.172. The zero-order valence-corrected chi connectivity index (χ0v) is 11.4. The van der Waals surface area contributed by atoms with Gasteiger partial charge in [-0.25, -0.2) is 0 Å². The van der Waals surface area contributed by atoms with Crippen molar-refractivity contribution in [2.45, 2.75) is 26.9 Å². The largest absolute Gasteiger partial charge is 0.497 e. The van der Waals surface area contributed by atoms with Gasteiger partial charge in [0.2, 0.25) is 0 Å². The quantitative estimate of drug-likeness (QED) is 0.553. The van der Waals surface area contributed by atoms with Crippen molar-refractivity contribution in [1.82, 2.24) is 0 Å².